The average Bonchev–Trinajstić information content (AvgIpc) is 2.28. The molecule has 1 heteroatoms. The van der Waals surface area contributed by atoms with Gasteiger partial charge in [-0.1, -0.05) is 50.3 Å². The molecule has 1 N–H and O–H groups in total. The van der Waals surface area contributed by atoms with Crippen molar-refractivity contribution in [3.8, 4) is 0 Å². The van der Waals surface area contributed by atoms with Crippen molar-refractivity contribution >= 4 is 0 Å². The van der Waals surface area contributed by atoms with Crippen LogP contribution >= 0.6 is 0 Å². The van der Waals surface area contributed by atoms with Crippen LogP contribution in [0.5, 0.6) is 0 Å². The molecule has 0 heterocycles. The summed E-state index contributed by atoms with van der Waals surface area (Å²) in [4.78, 5) is 0. The third-order valence-corrected chi connectivity index (χ3v) is 2.46. The first-order valence-corrected chi connectivity index (χ1v) is 5.78. The van der Waals surface area contributed by atoms with E-state index in [9.17, 15) is 0 Å². The van der Waals surface area contributed by atoms with Crippen LogP contribution in [0, 0.1) is 0 Å². The lowest BCUT2D eigenvalue weighted by atomic mass is 10.1. The van der Waals surface area contributed by atoms with Gasteiger partial charge in [0.2, 0.25) is 0 Å². The minimum absolute atomic E-state index is 1.04. The molecule has 15 heavy (non-hydrogen) atoms. The van der Waals surface area contributed by atoms with Crippen LogP contribution in [0.4, 0.5) is 0 Å². The molecule has 0 fully saturated rings. The van der Waals surface area contributed by atoms with Crippen molar-refractivity contribution in [2.45, 2.75) is 32.6 Å². The second-order valence-corrected chi connectivity index (χ2v) is 3.87. The molecule has 1 aromatic rings. The van der Waals surface area contributed by atoms with Gasteiger partial charge in [0.15, 0.2) is 0 Å². The molecule has 0 aliphatic heterocycles. The van der Waals surface area contributed by atoms with E-state index >= 15 is 0 Å². The Kier molecular flexibility index (Phi) is 5.60. The molecule has 0 saturated heterocycles. The van der Waals surface area contributed by atoms with E-state index in [0.717, 1.165) is 25.1 Å². The number of rotatable bonds is 7. The normalized spacial score (nSPS) is 9.93. The molecule has 0 spiro atoms. The monoisotopic (exact) mass is 203 g/mol. The summed E-state index contributed by atoms with van der Waals surface area (Å²) in [6, 6.07) is 10.6. The maximum absolute atomic E-state index is 4.03. The quantitative estimate of drug-likeness (QED) is 0.669. The second-order valence-electron chi connectivity index (χ2n) is 3.87. The van der Waals surface area contributed by atoms with Gasteiger partial charge in [-0.25, -0.2) is 0 Å². The topological polar surface area (TPSA) is 12.0 Å². The van der Waals surface area contributed by atoms with Gasteiger partial charge in [0.1, 0.15) is 0 Å². The summed E-state index contributed by atoms with van der Waals surface area (Å²) in [5.74, 6) is 0. The Morgan fingerprint density at radius 3 is 2.67 bits per heavy atom. The van der Waals surface area contributed by atoms with Gasteiger partial charge in [-0.05, 0) is 24.8 Å². The first-order chi connectivity index (χ1) is 7.33. The maximum Gasteiger partial charge on any atom is 0.0143 e. The molecule has 0 amide bonds. The largest absolute Gasteiger partial charge is 0.389 e. The Labute approximate surface area is 93.2 Å². The number of hydrogen-bond acceptors (Lipinski definition) is 1. The fourth-order valence-electron chi connectivity index (χ4n) is 1.47. The van der Waals surface area contributed by atoms with Gasteiger partial charge in [0.05, 0.1) is 0 Å². The molecule has 0 bridgehead atoms. The highest BCUT2D eigenvalue weighted by atomic mass is 14.9. The van der Waals surface area contributed by atoms with Crippen molar-refractivity contribution in [2.24, 2.45) is 0 Å². The Bertz CT molecular complexity index is 277. The van der Waals surface area contributed by atoms with Crippen LogP contribution in [-0.4, -0.2) is 6.54 Å². The zero-order chi connectivity index (χ0) is 10.9. The van der Waals surface area contributed by atoms with E-state index in [2.05, 4.69) is 49.2 Å². The summed E-state index contributed by atoms with van der Waals surface area (Å²) >= 11 is 0. The van der Waals surface area contributed by atoms with Crippen LogP contribution in [0.3, 0.4) is 0 Å². The molecule has 0 aliphatic rings. The number of nitrogens with one attached hydrogen (secondary N) is 1. The van der Waals surface area contributed by atoms with Gasteiger partial charge in [0, 0.05) is 12.2 Å². The van der Waals surface area contributed by atoms with Gasteiger partial charge >= 0.3 is 0 Å². The Balaban J connectivity index is 2.17. The highest BCUT2D eigenvalue weighted by molar-refractivity contribution is 5.15. The van der Waals surface area contributed by atoms with E-state index < -0.39 is 0 Å². The smallest absolute Gasteiger partial charge is 0.0143 e. The molecule has 1 nitrogen and oxygen atoms in total. The third kappa shape index (κ3) is 5.26. The van der Waals surface area contributed by atoms with Crippen LogP contribution in [0.25, 0.3) is 0 Å². The van der Waals surface area contributed by atoms with Crippen molar-refractivity contribution in [1.29, 1.82) is 0 Å². The van der Waals surface area contributed by atoms with E-state index in [1.54, 1.807) is 0 Å². The SMILES string of the molecule is C=C(CCc1ccccc1)NCCCC. The van der Waals surface area contributed by atoms with E-state index in [0.29, 0.717) is 0 Å². The van der Waals surface area contributed by atoms with Gasteiger partial charge in [0.25, 0.3) is 0 Å². The van der Waals surface area contributed by atoms with E-state index in [1.807, 2.05) is 0 Å². The molecule has 0 aliphatic carbocycles. The minimum Gasteiger partial charge on any atom is -0.389 e. The molecule has 1 aromatic carbocycles. The van der Waals surface area contributed by atoms with Crippen LogP contribution in [-0.2, 0) is 6.42 Å². The first kappa shape index (κ1) is 11.8. The predicted octanol–water partition coefficient (Wildman–Crippen LogP) is 3.52. The van der Waals surface area contributed by atoms with Crippen LogP contribution in [0.1, 0.15) is 31.7 Å². The zero-order valence-electron chi connectivity index (χ0n) is 9.63. The van der Waals surface area contributed by atoms with E-state index in [1.165, 1.54) is 18.4 Å². The average molecular weight is 203 g/mol. The number of aryl methyl sites for hydroxylation is 1. The standard InChI is InChI=1S/C14H21N/c1-3-4-12-15-13(2)10-11-14-8-6-5-7-9-14/h5-9,15H,2-4,10-12H2,1H3. The highest BCUT2D eigenvalue weighted by Crippen LogP contribution is 2.05. The Morgan fingerprint density at radius 1 is 1.27 bits per heavy atom. The lowest BCUT2D eigenvalue weighted by Crippen LogP contribution is -2.14. The number of unbranched alkanes of at least 4 members (excludes halogenated alkanes) is 1. The molecular formula is C14H21N. The van der Waals surface area contributed by atoms with Crippen LogP contribution in [0.2, 0.25) is 0 Å². The van der Waals surface area contributed by atoms with Crippen molar-refractivity contribution in [1.82, 2.24) is 5.32 Å². The van der Waals surface area contributed by atoms with Crippen molar-refractivity contribution in [3.63, 3.8) is 0 Å². The third-order valence-electron chi connectivity index (χ3n) is 2.46. The molecule has 0 saturated carbocycles. The van der Waals surface area contributed by atoms with E-state index in [-0.39, 0.29) is 0 Å². The lowest BCUT2D eigenvalue weighted by Gasteiger charge is -2.08. The lowest BCUT2D eigenvalue weighted by molar-refractivity contribution is 0.685. The zero-order valence-corrected chi connectivity index (χ0v) is 9.63. The number of hydrogen-bond donors (Lipinski definition) is 1. The summed E-state index contributed by atoms with van der Waals surface area (Å²) in [5.41, 5.74) is 2.54. The number of benzene rings is 1. The van der Waals surface area contributed by atoms with Gasteiger partial charge in [-0.2, -0.15) is 0 Å². The fourth-order valence-corrected chi connectivity index (χ4v) is 1.47. The molecule has 1 rings (SSSR count). The summed E-state index contributed by atoms with van der Waals surface area (Å²) in [6.45, 7) is 7.29. The van der Waals surface area contributed by atoms with Gasteiger partial charge in [-0.3, -0.25) is 0 Å². The summed E-state index contributed by atoms with van der Waals surface area (Å²) < 4.78 is 0. The minimum atomic E-state index is 1.04. The van der Waals surface area contributed by atoms with Crippen LogP contribution < -0.4 is 5.32 Å². The molecule has 0 aromatic heterocycles. The first-order valence-electron chi connectivity index (χ1n) is 5.78. The molecule has 0 atom stereocenters. The molecule has 82 valence electrons. The van der Waals surface area contributed by atoms with Gasteiger partial charge in [-0.15, -0.1) is 0 Å². The summed E-state index contributed by atoms with van der Waals surface area (Å²) in [5, 5.41) is 3.36. The van der Waals surface area contributed by atoms with E-state index in [4.69, 9.17) is 0 Å². The Hall–Kier alpha value is -1.24. The second kappa shape index (κ2) is 7.10. The number of allylic oxidation sites excluding steroid dienone is 1. The highest BCUT2D eigenvalue weighted by Gasteiger charge is 1.95. The molecular weight excluding hydrogens is 182 g/mol. The predicted molar refractivity (Wildman–Crippen MR) is 66.8 cm³/mol. The van der Waals surface area contributed by atoms with Crippen molar-refractivity contribution in [3.05, 3.63) is 48.2 Å². The summed E-state index contributed by atoms with van der Waals surface area (Å²) in [7, 11) is 0. The van der Waals surface area contributed by atoms with Crippen molar-refractivity contribution in [2.75, 3.05) is 6.54 Å². The maximum atomic E-state index is 4.03. The van der Waals surface area contributed by atoms with Crippen molar-refractivity contribution < 1.29 is 0 Å². The fraction of sp³-hybridized carbons (Fsp3) is 0.429. The Morgan fingerprint density at radius 2 is 2.00 bits per heavy atom. The molecule has 0 unspecified atom stereocenters. The van der Waals surface area contributed by atoms with Crippen LogP contribution in [0.15, 0.2) is 42.6 Å². The molecule has 0 radical (unpaired) electrons. The van der Waals surface area contributed by atoms with Gasteiger partial charge < -0.3 is 5.32 Å². The summed E-state index contributed by atoms with van der Waals surface area (Å²) in [6.07, 6.45) is 4.58.